The van der Waals surface area contributed by atoms with Crippen molar-refractivity contribution in [3.63, 3.8) is 0 Å². The minimum Gasteiger partial charge on any atom is -0.350 e. The van der Waals surface area contributed by atoms with Gasteiger partial charge in [0.15, 0.2) is 0 Å². The summed E-state index contributed by atoms with van der Waals surface area (Å²) in [6, 6.07) is 7.96. The number of carbonyl (C=O) groups excluding carboxylic acids is 1. The van der Waals surface area contributed by atoms with Crippen LogP contribution in [0.5, 0.6) is 0 Å². The van der Waals surface area contributed by atoms with E-state index in [0.717, 1.165) is 20.7 Å². The number of carbonyl (C=O) groups is 1. The fourth-order valence-corrected chi connectivity index (χ4v) is 3.00. The molecule has 0 aliphatic carbocycles. The van der Waals surface area contributed by atoms with Crippen molar-refractivity contribution in [3.05, 3.63) is 39.8 Å². The molecule has 0 bridgehead atoms. The fourth-order valence-electron chi connectivity index (χ4n) is 1.78. The van der Waals surface area contributed by atoms with Crippen LogP contribution in [0.15, 0.2) is 34.1 Å². The number of thiazole rings is 1. The third-order valence-corrected chi connectivity index (χ3v) is 4.39. The van der Waals surface area contributed by atoms with Crippen molar-refractivity contribution in [3.8, 4) is 10.6 Å². The van der Waals surface area contributed by atoms with Crippen LogP contribution in [-0.4, -0.2) is 23.0 Å². The maximum Gasteiger partial charge on any atom is 0.226 e. The molecule has 0 saturated heterocycles. The van der Waals surface area contributed by atoms with Crippen LogP contribution in [-0.2, 0) is 11.2 Å². The van der Waals surface area contributed by atoms with Gasteiger partial charge < -0.3 is 11.1 Å². The molecule has 0 spiro atoms. The number of nitrogens with zero attached hydrogens (tertiary/aromatic N) is 1. The van der Waals surface area contributed by atoms with Gasteiger partial charge in [-0.2, -0.15) is 0 Å². The van der Waals surface area contributed by atoms with Crippen LogP contribution in [0.25, 0.3) is 10.6 Å². The second-order valence-corrected chi connectivity index (χ2v) is 7.24. The van der Waals surface area contributed by atoms with Gasteiger partial charge in [0.25, 0.3) is 0 Å². The van der Waals surface area contributed by atoms with E-state index < -0.39 is 0 Å². The molecule has 2 aromatic rings. The molecule has 8 heteroatoms. The highest BCUT2D eigenvalue weighted by atomic mass is 79.9. The molecule has 0 atom stereocenters. The summed E-state index contributed by atoms with van der Waals surface area (Å²) in [5.74, 6) is -0.0588. The van der Waals surface area contributed by atoms with Gasteiger partial charge in [0.2, 0.25) is 5.91 Å². The average Bonchev–Trinajstić information content (AvgIpc) is 2.86. The van der Waals surface area contributed by atoms with E-state index in [4.69, 9.17) is 5.73 Å². The van der Waals surface area contributed by atoms with Gasteiger partial charge in [0.05, 0.1) is 12.1 Å². The Labute approximate surface area is 161 Å². The van der Waals surface area contributed by atoms with E-state index in [1.54, 1.807) is 11.3 Å². The van der Waals surface area contributed by atoms with Gasteiger partial charge in [-0.3, -0.25) is 4.79 Å². The van der Waals surface area contributed by atoms with Crippen LogP contribution in [0.1, 0.15) is 19.5 Å². The van der Waals surface area contributed by atoms with E-state index in [0.29, 0.717) is 6.54 Å². The third kappa shape index (κ3) is 6.77. The Hall–Kier alpha value is -0.660. The van der Waals surface area contributed by atoms with Crippen molar-refractivity contribution >= 4 is 58.0 Å². The minimum atomic E-state index is -0.389. The normalized spacial score (nSPS) is 10.4. The topological polar surface area (TPSA) is 68.0 Å². The summed E-state index contributed by atoms with van der Waals surface area (Å²) in [5, 5.41) is 5.74. The summed E-state index contributed by atoms with van der Waals surface area (Å²) in [6.45, 7) is 4.21. The average molecular weight is 441 g/mol. The molecule has 4 nitrogen and oxygen atoms in total. The number of nitrogens with one attached hydrogen (secondary N) is 1. The van der Waals surface area contributed by atoms with E-state index in [1.807, 2.05) is 43.5 Å². The lowest BCUT2D eigenvalue weighted by Crippen LogP contribution is -2.49. The van der Waals surface area contributed by atoms with Crippen molar-refractivity contribution in [1.29, 1.82) is 0 Å². The smallest absolute Gasteiger partial charge is 0.226 e. The van der Waals surface area contributed by atoms with Gasteiger partial charge in [0, 0.05) is 27.5 Å². The molecule has 3 N–H and O–H groups in total. The van der Waals surface area contributed by atoms with Gasteiger partial charge in [-0.1, -0.05) is 28.1 Å². The number of rotatable bonds is 5. The molecule has 1 heterocycles. The maximum atomic E-state index is 12.0. The van der Waals surface area contributed by atoms with Crippen molar-refractivity contribution in [1.82, 2.24) is 10.3 Å². The fraction of sp³-hybridized carbons (Fsp3) is 0.333. The SMILES string of the molecule is CC(C)(CN)NC(=O)Cc1csc(-c2cccc(Br)c2)n1.Cl.Cl. The summed E-state index contributed by atoms with van der Waals surface area (Å²) >= 11 is 4.99. The first kappa shape index (κ1) is 22.3. The quantitative estimate of drug-likeness (QED) is 0.742. The Morgan fingerprint density at radius 2 is 2.09 bits per heavy atom. The first-order valence-electron chi connectivity index (χ1n) is 6.61. The van der Waals surface area contributed by atoms with E-state index in [-0.39, 0.29) is 42.7 Å². The molecule has 0 unspecified atom stereocenters. The summed E-state index contributed by atoms with van der Waals surface area (Å²) in [5.41, 5.74) is 7.04. The lowest BCUT2D eigenvalue weighted by atomic mass is 10.1. The molecule has 1 aromatic carbocycles. The summed E-state index contributed by atoms with van der Waals surface area (Å²) in [4.78, 5) is 16.5. The molecule has 0 saturated carbocycles. The number of aromatic nitrogens is 1. The molecule has 2 rings (SSSR count). The number of benzene rings is 1. The predicted octanol–water partition coefficient (Wildman–Crippen LogP) is 3.81. The van der Waals surface area contributed by atoms with Crippen LogP contribution in [0.3, 0.4) is 0 Å². The second-order valence-electron chi connectivity index (χ2n) is 5.47. The number of amides is 1. The number of hydrogen-bond acceptors (Lipinski definition) is 4. The van der Waals surface area contributed by atoms with E-state index in [1.165, 1.54) is 0 Å². The van der Waals surface area contributed by atoms with Crippen LogP contribution in [0.4, 0.5) is 0 Å². The first-order valence-corrected chi connectivity index (χ1v) is 8.28. The number of nitrogens with two attached hydrogens (primary N) is 1. The predicted molar refractivity (Wildman–Crippen MR) is 105 cm³/mol. The lowest BCUT2D eigenvalue weighted by molar-refractivity contribution is -0.121. The largest absolute Gasteiger partial charge is 0.350 e. The second kappa shape index (κ2) is 9.59. The molecule has 23 heavy (non-hydrogen) atoms. The Kier molecular flexibility index (Phi) is 9.32. The standard InChI is InChI=1S/C15H18BrN3OS.2ClH/c1-15(2,9-17)19-13(20)7-12-8-21-14(18-12)10-4-3-5-11(16)6-10;;/h3-6,8H,7,9,17H2,1-2H3,(H,19,20);2*1H. The van der Waals surface area contributed by atoms with Crippen molar-refractivity contribution in [2.24, 2.45) is 5.73 Å². The number of halogens is 3. The van der Waals surface area contributed by atoms with Gasteiger partial charge in [-0.25, -0.2) is 4.98 Å². The van der Waals surface area contributed by atoms with Gasteiger partial charge in [-0.15, -0.1) is 36.2 Å². The van der Waals surface area contributed by atoms with E-state index in [2.05, 4.69) is 26.2 Å². The van der Waals surface area contributed by atoms with Crippen LogP contribution < -0.4 is 11.1 Å². The van der Waals surface area contributed by atoms with Crippen molar-refractivity contribution in [2.75, 3.05) is 6.54 Å². The zero-order valence-corrected chi connectivity index (χ0v) is 16.9. The molecule has 0 radical (unpaired) electrons. The number of hydrogen-bond donors (Lipinski definition) is 2. The van der Waals surface area contributed by atoms with Crippen molar-refractivity contribution in [2.45, 2.75) is 25.8 Å². The molecule has 1 amide bonds. The molecule has 1 aromatic heterocycles. The highest BCUT2D eigenvalue weighted by molar-refractivity contribution is 9.10. The van der Waals surface area contributed by atoms with Crippen LogP contribution in [0.2, 0.25) is 0 Å². The van der Waals surface area contributed by atoms with Gasteiger partial charge in [-0.05, 0) is 26.0 Å². The zero-order chi connectivity index (χ0) is 15.5. The van der Waals surface area contributed by atoms with Crippen molar-refractivity contribution < 1.29 is 4.79 Å². The Morgan fingerprint density at radius 3 is 2.70 bits per heavy atom. The third-order valence-electron chi connectivity index (χ3n) is 2.95. The van der Waals surface area contributed by atoms with E-state index >= 15 is 0 Å². The first-order chi connectivity index (χ1) is 9.89. The summed E-state index contributed by atoms with van der Waals surface area (Å²) in [6.07, 6.45) is 0.272. The molecular weight excluding hydrogens is 421 g/mol. The van der Waals surface area contributed by atoms with Gasteiger partial charge in [0.1, 0.15) is 5.01 Å². The highest BCUT2D eigenvalue weighted by Crippen LogP contribution is 2.26. The Morgan fingerprint density at radius 1 is 1.39 bits per heavy atom. The molecular formula is C15H20BrCl2N3OS. The minimum absolute atomic E-state index is 0. The maximum absolute atomic E-state index is 12.0. The lowest BCUT2D eigenvalue weighted by Gasteiger charge is -2.23. The van der Waals surface area contributed by atoms with Gasteiger partial charge >= 0.3 is 0 Å². The zero-order valence-electron chi connectivity index (χ0n) is 12.8. The Balaban J connectivity index is 0.00000242. The molecule has 0 aliphatic rings. The molecule has 0 fully saturated rings. The molecule has 128 valence electrons. The monoisotopic (exact) mass is 439 g/mol. The van der Waals surface area contributed by atoms with Crippen LogP contribution >= 0.6 is 52.1 Å². The highest BCUT2D eigenvalue weighted by Gasteiger charge is 2.19. The van der Waals surface area contributed by atoms with E-state index in [9.17, 15) is 4.79 Å². The summed E-state index contributed by atoms with van der Waals surface area (Å²) in [7, 11) is 0. The summed E-state index contributed by atoms with van der Waals surface area (Å²) < 4.78 is 1.01. The Bertz CT molecular complexity index is 649. The van der Waals surface area contributed by atoms with Crippen LogP contribution in [0, 0.1) is 0 Å². The molecule has 0 aliphatic heterocycles.